The lowest BCUT2D eigenvalue weighted by atomic mass is 10.0. The molecule has 0 aromatic heterocycles. The predicted octanol–water partition coefficient (Wildman–Crippen LogP) is 3.01. The molecule has 0 aliphatic heterocycles. The topological polar surface area (TPSA) is 40.5 Å². The van der Waals surface area contributed by atoms with Crippen LogP contribution < -0.4 is 0 Å². The number of benzene rings is 1. The van der Waals surface area contributed by atoms with E-state index >= 15 is 0 Å². The summed E-state index contributed by atoms with van der Waals surface area (Å²) in [6, 6.07) is 6.77. The first-order valence-corrected chi connectivity index (χ1v) is 7.12. The summed E-state index contributed by atoms with van der Waals surface area (Å²) in [7, 11) is 0. The molecule has 0 amide bonds. The molecule has 1 rings (SSSR count). The van der Waals surface area contributed by atoms with E-state index in [1.807, 2.05) is 11.8 Å². The molecule has 3 nitrogen and oxygen atoms in total. The maximum atomic E-state index is 12.4. The molecule has 4 heteroatoms. The molecule has 0 radical (unpaired) electrons. The van der Waals surface area contributed by atoms with E-state index in [0.29, 0.717) is 17.1 Å². The van der Waals surface area contributed by atoms with Gasteiger partial charge in [-0.25, -0.2) is 0 Å². The van der Waals surface area contributed by atoms with Crippen molar-refractivity contribution in [1.29, 1.82) is 0 Å². The van der Waals surface area contributed by atoms with E-state index in [9.17, 15) is 4.79 Å². The largest absolute Gasteiger partial charge is 0.395 e. The standard InChI is InChI=1S/C15H22ClNO2/c1-3-4-8-17(9-10-18)12(2)15(19)13-6-5-7-14(16)11-13/h5-7,11-12,18H,3-4,8-10H2,1-2H3. The number of carbonyl (C=O) groups excluding carboxylic acids is 1. The molecule has 0 fully saturated rings. The first-order chi connectivity index (χ1) is 9.10. The molecule has 106 valence electrons. The number of carbonyl (C=O) groups is 1. The highest BCUT2D eigenvalue weighted by molar-refractivity contribution is 6.31. The molecule has 1 unspecified atom stereocenters. The SMILES string of the molecule is CCCCN(CCO)C(C)C(=O)c1cccc(Cl)c1. The van der Waals surface area contributed by atoms with Gasteiger partial charge in [-0.2, -0.15) is 0 Å². The van der Waals surface area contributed by atoms with Gasteiger partial charge < -0.3 is 5.11 Å². The first-order valence-electron chi connectivity index (χ1n) is 6.74. The number of rotatable bonds is 8. The van der Waals surface area contributed by atoms with E-state index < -0.39 is 0 Å². The van der Waals surface area contributed by atoms with Crippen molar-refractivity contribution in [3.05, 3.63) is 34.9 Å². The van der Waals surface area contributed by atoms with Crippen molar-refractivity contribution in [3.8, 4) is 0 Å². The van der Waals surface area contributed by atoms with E-state index in [1.165, 1.54) is 0 Å². The van der Waals surface area contributed by atoms with Crippen molar-refractivity contribution in [2.45, 2.75) is 32.7 Å². The van der Waals surface area contributed by atoms with Gasteiger partial charge >= 0.3 is 0 Å². The lowest BCUT2D eigenvalue weighted by molar-refractivity contribution is 0.0805. The van der Waals surface area contributed by atoms with Crippen LogP contribution in [0.15, 0.2) is 24.3 Å². The molecule has 1 atom stereocenters. The molecule has 0 bridgehead atoms. The third-order valence-electron chi connectivity index (χ3n) is 3.22. The van der Waals surface area contributed by atoms with E-state index in [1.54, 1.807) is 24.3 Å². The van der Waals surface area contributed by atoms with Gasteiger partial charge in [-0.15, -0.1) is 0 Å². The Morgan fingerprint density at radius 1 is 1.42 bits per heavy atom. The molecule has 0 saturated carbocycles. The number of hydrogen-bond donors (Lipinski definition) is 1. The zero-order chi connectivity index (χ0) is 14.3. The van der Waals surface area contributed by atoms with Gasteiger partial charge in [0.15, 0.2) is 5.78 Å². The number of Topliss-reactive ketones (excluding diaryl/α,β-unsaturated/α-hetero) is 1. The molecule has 0 saturated heterocycles. The predicted molar refractivity (Wildman–Crippen MR) is 78.8 cm³/mol. The quantitative estimate of drug-likeness (QED) is 0.746. The highest BCUT2D eigenvalue weighted by Crippen LogP contribution is 2.15. The van der Waals surface area contributed by atoms with Gasteiger partial charge in [-0.1, -0.05) is 37.1 Å². The second-order valence-corrected chi connectivity index (χ2v) is 5.10. The molecule has 19 heavy (non-hydrogen) atoms. The van der Waals surface area contributed by atoms with Gasteiger partial charge in [-0.3, -0.25) is 9.69 Å². The summed E-state index contributed by atoms with van der Waals surface area (Å²) < 4.78 is 0. The van der Waals surface area contributed by atoms with Crippen molar-refractivity contribution in [2.75, 3.05) is 19.7 Å². The Balaban J connectivity index is 2.77. The van der Waals surface area contributed by atoms with Crippen molar-refractivity contribution in [2.24, 2.45) is 0 Å². The Labute approximate surface area is 120 Å². The third-order valence-corrected chi connectivity index (χ3v) is 3.46. The maximum Gasteiger partial charge on any atom is 0.179 e. The van der Waals surface area contributed by atoms with Crippen LogP contribution in [0.3, 0.4) is 0 Å². The van der Waals surface area contributed by atoms with Crippen LogP contribution in [0.1, 0.15) is 37.0 Å². The summed E-state index contributed by atoms with van der Waals surface area (Å²) in [6.07, 6.45) is 2.09. The van der Waals surface area contributed by atoms with Crippen LogP contribution in [-0.2, 0) is 0 Å². The number of aliphatic hydroxyl groups is 1. The Morgan fingerprint density at radius 2 is 2.16 bits per heavy atom. The van der Waals surface area contributed by atoms with Crippen LogP contribution in [0, 0.1) is 0 Å². The van der Waals surface area contributed by atoms with Gasteiger partial charge in [0.25, 0.3) is 0 Å². The van der Waals surface area contributed by atoms with Crippen molar-refractivity contribution >= 4 is 17.4 Å². The maximum absolute atomic E-state index is 12.4. The number of halogens is 1. The number of ketones is 1. The molecule has 0 aliphatic carbocycles. The summed E-state index contributed by atoms with van der Waals surface area (Å²) in [5.41, 5.74) is 0.624. The smallest absolute Gasteiger partial charge is 0.179 e. The van der Waals surface area contributed by atoms with Crippen molar-refractivity contribution < 1.29 is 9.90 Å². The van der Waals surface area contributed by atoms with Crippen LogP contribution >= 0.6 is 11.6 Å². The molecule has 1 N–H and O–H groups in total. The molecule has 0 spiro atoms. The highest BCUT2D eigenvalue weighted by atomic mass is 35.5. The van der Waals surface area contributed by atoms with Gasteiger partial charge in [0.1, 0.15) is 0 Å². The van der Waals surface area contributed by atoms with E-state index in [2.05, 4.69) is 6.92 Å². The molecule has 0 aliphatic rings. The minimum atomic E-state index is -0.239. The second-order valence-electron chi connectivity index (χ2n) is 4.66. The fourth-order valence-electron chi connectivity index (χ4n) is 2.04. The summed E-state index contributed by atoms with van der Waals surface area (Å²) in [6.45, 7) is 5.41. The van der Waals surface area contributed by atoms with Crippen LogP contribution in [-0.4, -0.2) is 41.5 Å². The fraction of sp³-hybridized carbons (Fsp3) is 0.533. The minimum absolute atomic E-state index is 0.0482. The van der Waals surface area contributed by atoms with Gasteiger partial charge in [0.2, 0.25) is 0 Å². The zero-order valence-corrected chi connectivity index (χ0v) is 12.4. The highest BCUT2D eigenvalue weighted by Gasteiger charge is 2.21. The van der Waals surface area contributed by atoms with Gasteiger partial charge in [0.05, 0.1) is 12.6 Å². The lowest BCUT2D eigenvalue weighted by Crippen LogP contribution is -2.41. The van der Waals surface area contributed by atoms with Crippen LogP contribution in [0.2, 0.25) is 5.02 Å². The molecule has 1 aromatic carbocycles. The number of nitrogens with zero attached hydrogens (tertiary/aromatic N) is 1. The molecular formula is C15H22ClNO2. The van der Waals surface area contributed by atoms with Gasteiger partial charge in [0, 0.05) is 17.1 Å². The Kier molecular flexibility index (Phi) is 7.06. The van der Waals surface area contributed by atoms with Crippen molar-refractivity contribution in [1.82, 2.24) is 4.90 Å². The molecule has 0 heterocycles. The van der Waals surface area contributed by atoms with Crippen LogP contribution in [0.5, 0.6) is 0 Å². The van der Waals surface area contributed by atoms with E-state index in [4.69, 9.17) is 16.7 Å². The number of unbranched alkanes of at least 4 members (excludes halogenated alkanes) is 1. The monoisotopic (exact) mass is 283 g/mol. The third kappa shape index (κ3) is 4.94. The Hall–Kier alpha value is -0.900. The average Bonchev–Trinajstić information content (AvgIpc) is 2.42. The van der Waals surface area contributed by atoms with Gasteiger partial charge in [-0.05, 0) is 32.0 Å². The fourth-order valence-corrected chi connectivity index (χ4v) is 2.23. The Bertz CT molecular complexity index is 409. The van der Waals surface area contributed by atoms with Crippen molar-refractivity contribution in [3.63, 3.8) is 0 Å². The summed E-state index contributed by atoms with van der Waals surface area (Å²) >= 11 is 5.91. The van der Waals surface area contributed by atoms with E-state index in [0.717, 1.165) is 19.4 Å². The Morgan fingerprint density at radius 3 is 2.74 bits per heavy atom. The average molecular weight is 284 g/mol. The summed E-state index contributed by atoms with van der Waals surface area (Å²) in [4.78, 5) is 14.4. The molecular weight excluding hydrogens is 262 g/mol. The summed E-state index contributed by atoms with van der Waals surface area (Å²) in [5.74, 6) is 0.0482. The summed E-state index contributed by atoms with van der Waals surface area (Å²) in [5, 5.41) is 9.68. The lowest BCUT2D eigenvalue weighted by Gasteiger charge is -2.27. The van der Waals surface area contributed by atoms with E-state index in [-0.39, 0.29) is 18.4 Å². The van der Waals surface area contributed by atoms with Crippen LogP contribution in [0.25, 0.3) is 0 Å². The zero-order valence-electron chi connectivity index (χ0n) is 11.6. The number of aliphatic hydroxyl groups excluding tert-OH is 1. The number of hydrogen-bond acceptors (Lipinski definition) is 3. The molecule has 1 aromatic rings. The second kappa shape index (κ2) is 8.31. The normalized spacial score (nSPS) is 12.7. The minimum Gasteiger partial charge on any atom is -0.395 e. The van der Waals surface area contributed by atoms with Crippen LogP contribution in [0.4, 0.5) is 0 Å². The first kappa shape index (κ1) is 16.2.